The summed E-state index contributed by atoms with van der Waals surface area (Å²) in [6.07, 6.45) is 1.04. The van der Waals surface area contributed by atoms with Crippen LogP contribution in [0.25, 0.3) is 0 Å². The monoisotopic (exact) mass is 257 g/mol. The van der Waals surface area contributed by atoms with Crippen molar-refractivity contribution in [2.45, 2.75) is 25.8 Å². The van der Waals surface area contributed by atoms with E-state index in [0.29, 0.717) is 19.4 Å². The molecule has 1 aliphatic rings. The average molecular weight is 257 g/mol. The molecule has 3 amide bonds. The maximum atomic E-state index is 11.5. The van der Waals surface area contributed by atoms with E-state index in [9.17, 15) is 14.4 Å². The summed E-state index contributed by atoms with van der Waals surface area (Å²) in [7, 11) is 1.70. The Kier molecular flexibility index (Phi) is 4.94. The summed E-state index contributed by atoms with van der Waals surface area (Å²) in [5.41, 5.74) is 0. The molecule has 0 aromatic carbocycles. The van der Waals surface area contributed by atoms with Crippen LogP contribution >= 0.6 is 0 Å². The van der Waals surface area contributed by atoms with Crippen molar-refractivity contribution in [3.8, 4) is 0 Å². The molecule has 0 radical (unpaired) electrons. The van der Waals surface area contributed by atoms with E-state index in [2.05, 4.69) is 10.6 Å². The Morgan fingerprint density at radius 1 is 1.56 bits per heavy atom. The largest absolute Gasteiger partial charge is 0.481 e. The van der Waals surface area contributed by atoms with Gasteiger partial charge in [0.05, 0.1) is 5.92 Å². The third-order valence-electron chi connectivity index (χ3n) is 2.95. The predicted molar refractivity (Wildman–Crippen MR) is 64.0 cm³/mol. The molecule has 0 bridgehead atoms. The second-order valence-electron chi connectivity index (χ2n) is 4.60. The fourth-order valence-corrected chi connectivity index (χ4v) is 1.70. The Labute approximate surface area is 106 Å². The maximum Gasteiger partial charge on any atom is 0.315 e. The standard InChI is InChI=1S/C11H19N3O4/c1-7(10(16)17)5-12-11(18)13-8-3-4-9(15)14(2)6-8/h7-8H,3-6H2,1-2H3,(H,16,17)(H2,12,13,18). The van der Waals surface area contributed by atoms with Gasteiger partial charge in [0.1, 0.15) is 0 Å². The van der Waals surface area contributed by atoms with Gasteiger partial charge < -0.3 is 20.6 Å². The van der Waals surface area contributed by atoms with Crippen molar-refractivity contribution < 1.29 is 19.5 Å². The Hall–Kier alpha value is -1.79. The fraction of sp³-hybridized carbons (Fsp3) is 0.727. The number of aliphatic carboxylic acids is 1. The molecule has 0 aromatic rings. The van der Waals surface area contributed by atoms with Crippen LogP contribution in [0.2, 0.25) is 0 Å². The second kappa shape index (κ2) is 6.23. The van der Waals surface area contributed by atoms with Gasteiger partial charge in [0.15, 0.2) is 0 Å². The number of hydrogen-bond acceptors (Lipinski definition) is 3. The normalized spacial score (nSPS) is 21.3. The molecule has 18 heavy (non-hydrogen) atoms. The highest BCUT2D eigenvalue weighted by Gasteiger charge is 2.24. The highest BCUT2D eigenvalue weighted by Crippen LogP contribution is 2.09. The molecular weight excluding hydrogens is 238 g/mol. The third-order valence-corrected chi connectivity index (χ3v) is 2.95. The molecule has 0 spiro atoms. The van der Waals surface area contributed by atoms with E-state index in [1.807, 2.05) is 0 Å². The number of hydrogen-bond donors (Lipinski definition) is 3. The summed E-state index contributed by atoms with van der Waals surface area (Å²) in [4.78, 5) is 34.9. The maximum absolute atomic E-state index is 11.5. The Bertz CT molecular complexity index is 345. The number of likely N-dealkylation sites (N-methyl/N-ethyl adjacent to an activating group) is 1. The molecule has 1 heterocycles. The van der Waals surface area contributed by atoms with Crippen LogP contribution in [0.15, 0.2) is 0 Å². The molecule has 7 heteroatoms. The van der Waals surface area contributed by atoms with E-state index in [0.717, 1.165) is 0 Å². The fourth-order valence-electron chi connectivity index (χ4n) is 1.70. The van der Waals surface area contributed by atoms with E-state index >= 15 is 0 Å². The number of likely N-dealkylation sites (tertiary alicyclic amines) is 1. The van der Waals surface area contributed by atoms with E-state index in [4.69, 9.17) is 5.11 Å². The van der Waals surface area contributed by atoms with Crippen LogP contribution in [0.4, 0.5) is 4.79 Å². The van der Waals surface area contributed by atoms with Crippen LogP contribution in [0.5, 0.6) is 0 Å². The number of carboxylic acids is 1. The predicted octanol–water partition coefficient (Wildman–Crippen LogP) is -0.373. The minimum atomic E-state index is -0.946. The molecule has 0 aliphatic carbocycles. The first-order valence-electron chi connectivity index (χ1n) is 5.91. The quantitative estimate of drug-likeness (QED) is 0.639. The number of amides is 3. The van der Waals surface area contributed by atoms with Crippen molar-refractivity contribution in [2.24, 2.45) is 5.92 Å². The van der Waals surface area contributed by atoms with Gasteiger partial charge in [0.25, 0.3) is 0 Å². The molecule has 1 saturated heterocycles. The molecule has 1 rings (SSSR count). The minimum Gasteiger partial charge on any atom is -0.481 e. The van der Waals surface area contributed by atoms with Gasteiger partial charge in [-0.1, -0.05) is 6.92 Å². The van der Waals surface area contributed by atoms with E-state index in [-0.39, 0.29) is 18.5 Å². The van der Waals surface area contributed by atoms with E-state index in [1.165, 1.54) is 6.92 Å². The van der Waals surface area contributed by atoms with E-state index in [1.54, 1.807) is 11.9 Å². The van der Waals surface area contributed by atoms with Crippen molar-refractivity contribution >= 4 is 17.9 Å². The molecule has 3 N–H and O–H groups in total. The van der Waals surface area contributed by atoms with Crippen LogP contribution < -0.4 is 10.6 Å². The molecule has 0 saturated carbocycles. The zero-order valence-electron chi connectivity index (χ0n) is 10.6. The van der Waals surface area contributed by atoms with Gasteiger partial charge in [-0.05, 0) is 6.42 Å². The number of nitrogens with one attached hydrogen (secondary N) is 2. The lowest BCUT2D eigenvalue weighted by molar-refractivity contribution is -0.140. The lowest BCUT2D eigenvalue weighted by Crippen LogP contribution is -2.51. The van der Waals surface area contributed by atoms with Crippen molar-refractivity contribution in [1.29, 1.82) is 0 Å². The van der Waals surface area contributed by atoms with Crippen molar-refractivity contribution in [3.05, 3.63) is 0 Å². The van der Waals surface area contributed by atoms with Gasteiger partial charge in [-0.15, -0.1) is 0 Å². The lowest BCUT2D eigenvalue weighted by atomic mass is 10.1. The molecular formula is C11H19N3O4. The zero-order valence-corrected chi connectivity index (χ0v) is 10.6. The highest BCUT2D eigenvalue weighted by atomic mass is 16.4. The molecule has 7 nitrogen and oxygen atoms in total. The van der Waals surface area contributed by atoms with Crippen LogP contribution in [0.3, 0.4) is 0 Å². The Balaban J connectivity index is 2.28. The average Bonchev–Trinajstić information content (AvgIpc) is 2.30. The smallest absolute Gasteiger partial charge is 0.315 e. The molecule has 0 aromatic heterocycles. The Morgan fingerprint density at radius 3 is 2.78 bits per heavy atom. The van der Waals surface area contributed by atoms with Gasteiger partial charge in [-0.3, -0.25) is 9.59 Å². The van der Waals surface area contributed by atoms with Gasteiger partial charge in [-0.2, -0.15) is 0 Å². The van der Waals surface area contributed by atoms with Gasteiger partial charge in [-0.25, -0.2) is 4.79 Å². The zero-order chi connectivity index (χ0) is 13.7. The van der Waals surface area contributed by atoms with Crippen molar-refractivity contribution in [1.82, 2.24) is 15.5 Å². The van der Waals surface area contributed by atoms with Crippen molar-refractivity contribution in [3.63, 3.8) is 0 Å². The highest BCUT2D eigenvalue weighted by molar-refractivity contribution is 5.78. The molecule has 2 atom stereocenters. The SMILES string of the molecule is CC(CNC(=O)NC1CCC(=O)N(C)C1)C(=O)O. The molecule has 1 aliphatic heterocycles. The van der Waals surface area contributed by atoms with Gasteiger partial charge in [0.2, 0.25) is 5.91 Å². The summed E-state index contributed by atoms with van der Waals surface area (Å²) < 4.78 is 0. The molecule has 2 unspecified atom stereocenters. The van der Waals surface area contributed by atoms with Gasteiger partial charge in [0, 0.05) is 32.6 Å². The van der Waals surface area contributed by atoms with Gasteiger partial charge >= 0.3 is 12.0 Å². The molecule has 1 fully saturated rings. The van der Waals surface area contributed by atoms with Crippen LogP contribution in [0.1, 0.15) is 19.8 Å². The number of rotatable bonds is 4. The number of nitrogens with zero attached hydrogens (tertiary/aromatic N) is 1. The van der Waals surface area contributed by atoms with Crippen LogP contribution in [0, 0.1) is 5.92 Å². The first kappa shape index (κ1) is 14.3. The topological polar surface area (TPSA) is 98.7 Å². The number of piperidine rings is 1. The first-order chi connectivity index (χ1) is 8.40. The number of carbonyl (C=O) groups excluding carboxylic acids is 2. The summed E-state index contributed by atoms with van der Waals surface area (Å²) in [6.45, 7) is 2.10. The van der Waals surface area contributed by atoms with E-state index < -0.39 is 17.9 Å². The summed E-state index contributed by atoms with van der Waals surface area (Å²) >= 11 is 0. The lowest BCUT2D eigenvalue weighted by Gasteiger charge is -2.30. The van der Waals surface area contributed by atoms with Crippen LogP contribution in [-0.4, -0.2) is 54.1 Å². The number of carboxylic acid groups (broad SMARTS) is 1. The Morgan fingerprint density at radius 2 is 2.22 bits per heavy atom. The first-order valence-corrected chi connectivity index (χ1v) is 5.91. The number of carbonyl (C=O) groups is 3. The molecule has 102 valence electrons. The van der Waals surface area contributed by atoms with Crippen LogP contribution in [-0.2, 0) is 9.59 Å². The second-order valence-corrected chi connectivity index (χ2v) is 4.60. The summed E-state index contributed by atoms with van der Waals surface area (Å²) in [5, 5.41) is 13.9. The van der Waals surface area contributed by atoms with Crippen molar-refractivity contribution in [2.75, 3.05) is 20.1 Å². The third kappa shape index (κ3) is 4.23. The summed E-state index contributed by atoms with van der Waals surface area (Å²) in [5.74, 6) is -1.49. The summed E-state index contributed by atoms with van der Waals surface area (Å²) in [6, 6.07) is -0.469. The minimum absolute atomic E-state index is 0.0761. The number of urea groups is 1.